The summed E-state index contributed by atoms with van der Waals surface area (Å²) >= 11 is 5.68. The first kappa shape index (κ1) is 15.5. The molecule has 0 spiro atoms. The number of rotatable bonds is 4. The van der Waals surface area contributed by atoms with Crippen molar-refractivity contribution in [3.8, 4) is 0 Å². The maximum absolute atomic E-state index is 12.8. The van der Waals surface area contributed by atoms with Crippen LogP contribution in [0.15, 0.2) is 30.3 Å². The molecule has 1 aromatic carbocycles. The highest BCUT2D eigenvalue weighted by molar-refractivity contribution is 6.23. The molecule has 0 aliphatic carbocycles. The van der Waals surface area contributed by atoms with Gasteiger partial charge in [-0.3, -0.25) is 19.4 Å². The van der Waals surface area contributed by atoms with Crippen molar-refractivity contribution in [2.45, 2.75) is 18.8 Å². The van der Waals surface area contributed by atoms with E-state index >= 15 is 0 Å². The van der Waals surface area contributed by atoms with Crippen molar-refractivity contribution in [2.75, 3.05) is 19.5 Å². The van der Waals surface area contributed by atoms with Crippen LogP contribution < -0.4 is 0 Å². The maximum Gasteiger partial charge on any atom is 0.333 e. The molecule has 0 N–H and O–H groups in total. The molecule has 1 heterocycles. The molecular weight excluding hydrogens is 292 g/mol. The van der Waals surface area contributed by atoms with Crippen molar-refractivity contribution in [2.24, 2.45) is 0 Å². The Morgan fingerprint density at radius 1 is 1.10 bits per heavy atom. The van der Waals surface area contributed by atoms with E-state index in [1.807, 2.05) is 6.07 Å². The van der Waals surface area contributed by atoms with Gasteiger partial charge in [0.2, 0.25) is 0 Å². The van der Waals surface area contributed by atoms with Crippen LogP contribution in [-0.2, 0) is 15.0 Å². The lowest BCUT2D eigenvalue weighted by Gasteiger charge is -2.42. The summed E-state index contributed by atoms with van der Waals surface area (Å²) in [6, 6.07) is 8.22. The number of alkyl halides is 1. The zero-order chi connectivity index (χ0) is 15.6. The van der Waals surface area contributed by atoms with Crippen molar-refractivity contribution >= 4 is 29.4 Å². The standard InChI is InChI=1S/C15H17ClN2O3/c1-3-15(11-7-5-4-6-8-11)12(19)17(2)14(21)18(10-9-16)13(15)20/h4-8H,3,9-10H2,1-2H3/t15-/m1/s1. The van der Waals surface area contributed by atoms with Gasteiger partial charge in [-0.1, -0.05) is 37.3 Å². The van der Waals surface area contributed by atoms with E-state index < -0.39 is 23.3 Å². The van der Waals surface area contributed by atoms with Crippen molar-refractivity contribution in [3.63, 3.8) is 0 Å². The number of carbonyl (C=O) groups excluding carboxylic acids is 3. The topological polar surface area (TPSA) is 57.7 Å². The number of hydrogen-bond acceptors (Lipinski definition) is 3. The molecule has 5 nitrogen and oxygen atoms in total. The van der Waals surface area contributed by atoms with Gasteiger partial charge >= 0.3 is 6.03 Å². The van der Waals surface area contributed by atoms with Crippen molar-refractivity contribution in [3.05, 3.63) is 35.9 Å². The number of likely N-dealkylation sites (N-methyl/N-ethyl adjacent to an activating group) is 1. The van der Waals surface area contributed by atoms with E-state index in [0.29, 0.717) is 5.56 Å². The molecule has 21 heavy (non-hydrogen) atoms. The number of urea groups is 1. The number of barbiturate groups is 1. The Morgan fingerprint density at radius 3 is 2.24 bits per heavy atom. The smallest absolute Gasteiger partial charge is 0.273 e. The first-order valence-electron chi connectivity index (χ1n) is 6.76. The van der Waals surface area contributed by atoms with E-state index in [1.165, 1.54) is 7.05 Å². The fourth-order valence-corrected chi connectivity index (χ4v) is 2.89. The number of benzene rings is 1. The highest BCUT2D eigenvalue weighted by Crippen LogP contribution is 2.36. The molecule has 2 rings (SSSR count). The second-order valence-corrected chi connectivity index (χ2v) is 5.30. The number of carbonyl (C=O) groups is 3. The summed E-state index contributed by atoms with van der Waals surface area (Å²) in [7, 11) is 1.39. The van der Waals surface area contributed by atoms with Gasteiger partial charge in [0.15, 0.2) is 5.41 Å². The Hall–Kier alpha value is -1.88. The zero-order valence-corrected chi connectivity index (χ0v) is 12.8. The molecule has 0 unspecified atom stereocenters. The Kier molecular flexibility index (Phi) is 4.32. The van der Waals surface area contributed by atoms with Crippen molar-refractivity contribution in [1.82, 2.24) is 9.80 Å². The van der Waals surface area contributed by atoms with Gasteiger partial charge in [-0.05, 0) is 12.0 Å². The quantitative estimate of drug-likeness (QED) is 0.631. The first-order valence-corrected chi connectivity index (χ1v) is 7.29. The van der Waals surface area contributed by atoms with E-state index in [0.717, 1.165) is 9.80 Å². The van der Waals surface area contributed by atoms with Gasteiger partial charge in [0, 0.05) is 19.5 Å². The average molecular weight is 309 g/mol. The van der Waals surface area contributed by atoms with Gasteiger partial charge in [-0.15, -0.1) is 11.6 Å². The Labute approximate surface area is 128 Å². The number of nitrogens with zero attached hydrogens (tertiary/aromatic N) is 2. The molecule has 6 heteroatoms. The Morgan fingerprint density at radius 2 is 1.71 bits per heavy atom. The lowest BCUT2D eigenvalue weighted by Crippen LogP contribution is -2.66. The summed E-state index contributed by atoms with van der Waals surface area (Å²) in [4.78, 5) is 39.7. The van der Waals surface area contributed by atoms with Gasteiger partial charge < -0.3 is 0 Å². The molecule has 4 amide bonds. The maximum atomic E-state index is 12.8. The second kappa shape index (κ2) is 5.85. The average Bonchev–Trinajstić information content (AvgIpc) is 2.52. The van der Waals surface area contributed by atoms with Crippen LogP contribution in [0.3, 0.4) is 0 Å². The molecule has 0 saturated carbocycles. The van der Waals surface area contributed by atoms with Crippen LogP contribution in [-0.4, -0.2) is 47.1 Å². The molecule has 1 aliphatic rings. The van der Waals surface area contributed by atoms with Crippen LogP contribution >= 0.6 is 11.6 Å². The largest absolute Gasteiger partial charge is 0.333 e. The minimum Gasteiger partial charge on any atom is -0.273 e. The molecule has 0 aromatic heterocycles. The van der Waals surface area contributed by atoms with Gasteiger partial charge in [0.25, 0.3) is 11.8 Å². The minimum absolute atomic E-state index is 0.0887. The van der Waals surface area contributed by atoms with Gasteiger partial charge in [0.05, 0.1) is 0 Å². The molecule has 1 atom stereocenters. The predicted molar refractivity (Wildman–Crippen MR) is 79.0 cm³/mol. The third-order valence-corrected chi connectivity index (χ3v) is 4.07. The van der Waals surface area contributed by atoms with Crippen LogP contribution in [0.5, 0.6) is 0 Å². The van der Waals surface area contributed by atoms with E-state index in [4.69, 9.17) is 11.6 Å². The summed E-state index contributed by atoms with van der Waals surface area (Å²) in [5.74, 6) is -0.851. The second-order valence-electron chi connectivity index (χ2n) is 4.92. The lowest BCUT2D eigenvalue weighted by molar-refractivity contribution is -0.151. The van der Waals surface area contributed by atoms with Crippen LogP contribution in [0.2, 0.25) is 0 Å². The summed E-state index contributed by atoms with van der Waals surface area (Å²) < 4.78 is 0. The van der Waals surface area contributed by atoms with E-state index in [1.54, 1.807) is 31.2 Å². The van der Waals surface area contributed by atoms with Crippen LogP contribution in [0.1, 0.15) is 18.9 Å². The number of halogens is 1. The minimum atomic E-state index is -1.35. The first-order chi connectivity index (χ1) is 10.0. The predicted octanol–water partition coefficient (Wildman–Crippen LogP) is 1.99. The van der Waals surface area contributed by atoms with E-state index in [9.17, 15) is 14.4 Å². The summed E-state index contributed by atoms with van der Waals surface area (Å²) in [6.07, 6.45) is 0.283. The summed E-state index contributed by atoms with van der Waals surface area (Å²) in [6.45, 7) is 1.86. The summed E-state index contributed by atoms with van der Waals surface area (Å²) in [5.41, 5.74) is -0.753. The molecule has 1 aliphatic heterocycles. The molecule has 112 valence electrons. The SMILES string of the molecule is CC[C@@]1(c2ccccc2)C(=O)N(C)C(=O)N(CCCl)C1=O. The van der Waals surface area contributed by atoms with Gasteiger partial charge in [-0.2, -0.15) is 0 Å². The Bertz CT molecular complexity index is 576. The normalized spacial score (nSPS) is 22.9. The van der Waals surface area contributed by atoms with Crippen LogP contribution in [0.25, 0.3) is 0 Å². The molecule has 1 aromatic rings. The lowest BCUT2D eigenvalue weighted by atomic mass is 9.74. The van der Waals surface area contributed by atoms with E-state index in [-0.39, 0.29) is 18.8 Å². The number of imide groups is 2. The fourth-order valence-electron chi connectivity index (χ4n) is 2.72. The molecular formula is C15H17ClN2O3. The summed E-state index contributed by atoms with van der Waals surface area (Å²) in [5, 5.41) is 0. The molecule has 0 radical (unpaired) electrons. The highest BCUT2D eigenvalue weighted by Gasteiger charge is 2.56. The van der Waals surface area contributed by atoms with Crippen molar-refractivity contribution < 1.29 is 14.4 Å². The van der Waals surface area contributed by atoms with Crippen LogP contribution in [0, 0.1) is 0 Å². The van der Waals surface area contributed by atoms with E-state index in [2.05, 4.69) is 0 Å². The van der Waals surface area contributed by atoms with Gasteiger partial charge in [-0.25, -0.2) is 4.79 Å². The fraction of sp³-hybridized carbons (Fsp3) is 0.400. The zero-order valence-electron chi connectivity index (χ0n) is 12.0. The number of amides is 4. The molecule has 1 fully saturated rings. The molecule has 0 bridgehead atoms. The third-order valence-electron chi connectivity index (χ3n) is 3.90. The Balaban J connectivity index is 2.60. The number of hydrogen-bond donors (Lipinski definition) is 0. The monoisotopic (exact) mass is 308 g/mol. The highest BCUT2D eigenvalue weighted by atomic mass is 35.5. The van der Waals surface area contributed by atoms with Crippen LogP contribution in [0.4, 0.5) is 4.79 Å². The van der Waals surface area contributed by atoms with Crippen molar-refractivity contribution in [1.29, 1.82) is 0 Å². The molecule has 1 saturated heterocycles. The third kappa shape index (κ3) is 2.21. The van der Waals surface area contributed by atoms with Gasteiger partial charge in [0.1, 0.15) is 0 Å².